The van der Waals surface area contributed by atoms with Gasteiger partial charge in [-0.15, -0.1) is 0 Å². The van der Waals surface area contributed by atoms with Gasteiger partial charge in [-0.05, 0) is 53.6 Å². The summed E-state index contributed by atoms with van der Waals surface area (Å²) in [5.74, 6) is -1.07. The standard InChI is InChI=1S/C19H13F2NO/c20-14-8-10-16(11-9-14)22-19(23)18-7-2-1-6-17(18)13-4-3-5-15(21)12-13/h1-12H,(H,22,23). The van der Waals surface area contributed by atoms with E-state index in [9.17, 15) is 13.6 Å². The fourth-order valence-electron chi connectivity index (χ4n) is 2.32. The smallest absolute Gasteiger partial charge is 0.256 e. The molecule has 0 aliphatic rings. The van der Waals surface area contributed by atoms with Gasteiger partial charge in [-0.1, -0.05) is 30.3 Å². The van der Waals surface area contributed by atoms with Crippen LogP contribution in [0.1, 0.15) is 10.4 Å². The normalized spacial score (nSPS) is 10.3. The fraction of sp³-hybridized carbons (Fsp3) is 0. The van der Waals surface area contributed by atoms with Gasteiger partial charge in [-0.25, -0.2) is 8.78 Å². The van der Waals surface area contributed by atoms with Gasteiger partial charge in [0.2, 0.25) is 0 Å². The predicted molar refractivity (Wildman–Crippen MR) is 86.2 cm³/mol. The Balaban J connectivity index is 1.93. The molecular weight excluding hydrogens is 296 g/mol. The molecule has 1 N–H and O–H groups in total. The van der Waals surface area contributed by atoms with E-state index in [0.29, 0.717) is 22.4 Å². The Hall–Kier alpha value is -3.01. The molecule has 0 heterocycles. The number of anilines is 1. The Bertz CT molecular complexity index is 844. The molecule has 3 rings (SSSR count). The quantitative estimate of drug-likeness (QED) is 0.733. The Morgan fingerprint density at radius 3 is 2.26 bits per heavy atom. The van der Waals surface area contributed by atoms with Crippen molar-refractivity contribution in [3.63, 3.8) is 0 Å². The topological polar surface area (TPSA) is 29.1 Å². The molecule has 0 bridgehead atoms. The van der Waals surface area contributed by atoms with Crippen LogP contribution in [0, 0.1) is 11.6 Å². The van der Waals surface area contributed by atoms with E-state index in [1.165, 1.54) is 36.4 Å². The summed E-state index contributed by atoms with van der Waals surface area (Å²) in [6, 6.07) is 18.5. The summed E-state index contributed by atoms with van der Waals surface area (Å²) < 4.78 is 26.4. The van der Waals surface area contributed by atoms with Crippen LogP contribution in [-0.4, -0.2) is 5.91 Å². The third kappa shape index (κ3) is 3.43. The molecule has 0 spiro atoms. The third-order valence-electron chi connectivity index (χ3n) is 3.41. The van der Waals surface area contributed by atoms with Gasteiger partial charge in [0.1, 0.15) is 11.6 Å². The lowest BCUT2D eigenvalue weighted by molar-refractivity contribution is 0.102. The van der Waals surface area contributed by atoms with Crippen molar-refractivity contribution >= 4 is 11.6 Å². The second-order valence-corrected chi connectivity index (χ2v) is 5.02. The van der Waals surface area contributed by atoms with Crippen LogP contribution in [0.3, 0.4) is 0 Å². The summed E-state index contributed by atoms with van der Waals surface area (Å²) in [5, 5.41) is 2.71. The highest BCUT2D eigenvalue weighted by molar-refractivity contribution is 6.08. The van der Waals surface area contributed by atoms with E-state index in [4.69, 9.17) is 0 Å². The molecule has 0 aromatic heterocycles. The number of hydrogen-bond donors (Lipinski definition) is 1. The lowest BCUT2D eigenvalue weighted by Crippen LogP contribution is -2.13. The highest BCUT2D eigenvalue weighted by atomic mass is 19.1. The molecule has 0 radical (unpaired) electrons. The summed E-state index contributed by atoms with van der Waals surface area (Å²) in [4.78, 5) is 12.5. The molecule has 4 heteroatoms. The van der Waals surface area contributed by atoms with Gasteiger partial charge in [0.05, 0.1) is 0 Å². The molecule has 0 aliphatic carbocycles. The van der Waals surface area contributed by atoms with Crippen molar-refractivity contribution in [2.45, 2.75) is 0 Å². The second kappa shape index (κ2) is 6.40. The van der Waals surface area contributed by atoms with Crippen LogP contribution in [0.25, 0.3) is 11.1 Å². The molecular formula is C19H13F2NO. The van der Waals surface area contributed by atoms with E-state index in [1.807, 2.05) is 0 Å². The van der Waals surface area contributed by atoms with Gasteiger partial charge in [0.15, 0.2) is 0 Å². The van der Waals surface area contributed by atoms with Gasteiger partial charge >= 0.3 is 0 Å². The lowest BCUT2D eigenvalue weighted by Gasteiger charge is -2.10. The van der Waals surface area contributed by atoms with Crippen molar-refractivity contribution in [3.05, 3.63) is 90.0 Å². The first kappa shape index (κ1) is 14.9. The maximum atomic E-state index is 13.4. The minimum atomic E-state index is -0.372. The first-order valence-corrected chi connectivity index (χ1v) is 7.05. The predicted octanol–water partition coefficient (Wildman–Crippen LogP) is 4.88. The maximum Gasteiger partial charge on any atom is 0.256 e. The lowest BCUT2D eigenvalue weighted by atomic mass is 9.99. The SMILES string of the molecule is O=C(Nc1ccc(F)cc1)c1ccccc1-c1cccc(F)c1. The van der Waals surface area contributed by atoms with E-state index < -0.39 is 0 Å². The largest absolute Gasteiger partial charge is 0.322 e. The summed E-state index contributed by atoms with van der Waals surface area (Å²) >= 11 is 0. The number of nitrogens with one attached hydrogen (secondary N) is 1. The van der Waals surface area contributed by atoms with Gasteiger partial charge < -0.3 is 5.32 Å². The van der Waals surface area contributed by atoms with Gasteiger partial charge in [-0.3, -0.25) is 4.79 Å². The highest BCUT2D eigenvalue weighted by Gasteiger charge is 2.13. The average Bonchev–Trinajstić information content (AvgIpc) is 2.57. The molecule has 3 aromatic carbocycles. The third-order valence-corrected chi connectivity index (χ3v) is 3.41. The van der Waals surface area contributed by atoms with Crippen LogP contribution in [0.4, 0.5) is 14.5 Å². The van der Waals surface area contributed by atoms with Crippen molar-refractivity contribution in [1.82, 2.24) is 0 Å². The van der Waals surface area contributed by atoms with Crippen molar-refractivity contribution < 1.29 is 13.6 Å². The first-order chi connectivity index (χ1) is 11.1. The van der Waals surface area contributed by atoms with Gasteiger partial charge in [-0.2, -0.15) is 0 Å². The van der Waals surface area contributed by atoms with Gasteiger partial charge in [0.25, 0.3) is 5.91 Å². The molecule has 0 saturated heterocycles. The molecule has 23 heavy (non-hydrogen) atoms. The molecule has 1 amide bonds. The van der Waals surface area contributed by atoms with E-state index >= 15 is 0 Å². The molecule has 0 fully saturated rings. The van der Waals surface area contributed by atoms with Crippen LogP contribution < -0.4 is 5.32 Å². The van der Waals surface area contributed by atoms with Crippen LogP contribution in [0.5, 0.6) is 0 Å². The Kier molecular flexibility index (Phi) is 4.15. The first-order valence-electron chi connectivity index (χ1n) is 7.05. The number of benzene rings is 3. The second-order valence-electron chi connectivity index (χ2n) is 5.02. The van der Waals surface area contributed by atoms with Crippen LogP contribution in [-0.2, 0) is 0 Å². The number of hydrogen-bond acceptors (Lipinski definition) is 1. The average molecular weight is 309 g/mol. The number of halogens is 2. The summed E-state index contributed by atoms with van der Waals surface area (Å²) in [6.07, 6.45) is 0. The van der Waals surface area contributed by atoms with Crippen molar-refractivity contribution in [3.8, 4) is 11.1 Å². The molecule has 0 atom stereocenters. The van der Waals surface area contributed by atoms with E-state index in [1.54, 1.807) is 36.4 Å². The zero-order valence-electron chi connectivity index (χ0n) is 12.1. The summed E-state index contributed by atoms with van der Waals surface area (Å²) in [6.45, 7) is 0. The monoisotopic (exact) mass is 309 g/mol. The zero-order valence-corrected chi connectivity index (χ0v) is 12.1. The fourth-order valence-corrected chi connectivity index (χ4v) is 2.32. The minimum absolute atomic E-state index is 0.337. The molecule has 3 aromatic rings. The van der Waals surface area contributed by atoms with Crippen molar-refractivity contribution in [1.29, 1.82) is 0 Å². The number of carbonyl (C=O) groups excluding carboxylic acids is 1. The zero-order chi connectivity index (χ0) is 16.2. The van der Waals surface area contributed by atoms with Gasteiger partial charge in [0, 0.05) is 11.3 Å². The van der Waals surface area contributed by atoms with Crippen molar-refractivity contribution in [2.24, 2.45) is 0 Å². The molecule has 0 aliphatic heterocycles. The number of rotatable bonds is 3. The number of carbonyl (C=O) groups is 1. The Morgan fingerprint density at radius 1 is 0.783 bits per heavy atom. The molecule has 2 nitrogen and oxygen atoms in total. The van der Waals surface area contributed by atoms with Crippen LogP contribution >= 0.6 is 0 Å². The molecule has 0 saturated carbocycles. The van der Waals surface area contributed by atoms with E-state index in [0.717, 1.165) is 0 Å². The number of amides is 1. The van der Waals surface area contributed by atoms with Crippen molar-refractivity contribution in [2.75, 3.05) is 5.32 Å². The van der Waals surface area contributed by atoms with Crippen LogP contribution in [0.2, 0.25) is 0 Å². The summed E-state index contributed by atoms with van der Waals surface area (Å²) in [5.41, 5.74) is 2.16. The van der Waals surface area contributed by atoms with Crippen LogP contribution in [0.15, 0.2) is 72.8 Å². The maximum absolute atomic E-state index is 13.4. The minimum Gasteiger partial charge on any atom is -0.322 e. The highest BCUT2D eigenvalue weighted by Crippen LogP contribution is 2.25. The van der Waals surface area contributed by atoms with E-state index in [-0.39, 0.29) is 17.5 Å². The van der Waals surface area contributed by atoms with E-state index in [2.05, 4.69) is 5.32 Å². The Labute approximate surface area is 132 Å². The Morgan fingerprint density at radius 2 is 1.52 bits per heavy atom. The summed E-state index contributed by atoms with van der Waals surface area (Å²) in [7, 11) is 0. The molecule has 0 unspecified atom stereocenters. The molecule has 114 valence electrons.